The lowest BCUT2D eigenvalue weighted by atomic mass is 10.00. The molecule has 0 spiro atoms. The fourth-order valence-electron chi connectivity index (χ4n) is 3.82. The molecule has 2 N–H and O–H groups in total. The van der Waals surface area contributed by atoms with Crippen LogP contribution in [0.3, 0.4) is 0 Å². The van der Waals surface area contributed by atoms with Gasteiger partial charge in [0.1, 0.15) is 11.5 Å². The molecular formula is C21H18ClF3N4O. The van der Waals surface area contributed by atoms with Gasteiger partial charge in [-0.1, -0.05) is 35.9 Å². The molecule has 5 nitrogen and oxygen atoms in total. The van der Waals surface area contributed by atoms with Crippen molar-refractivity contribution < 1.29 is 18.0 Å². The minimum Gasteiger partial charge on any atom is -0.388 e. The van der Waals surface area contributed by atoms with Crippen LogP contribution in [0.1, 0.15) is 33.9 Å². The number of hydrogen-bond donors (Lipinski definition) is 2. The van der Waals surface area contributed by atoms with Gasteiger partial charge < -0.3 is 10.6 Å². The first-order valence-corrected chi connectivity index (χ1v) is 9.68. The average Bonchev–Trinajstić information content (AvgIpc) is 3.12. The molecule has 0 bridgehead atoms. The first-order valence-electron chi connectivity index (χ1n) is 9.30. The minimum atomic E-state index is -4.61. The fraction of sp³-hybridized carbons (Fsp3) is 0.238. The van der Waals surface area contributed by atoms with Crippen LogP contribution in [0, 0.1) is 0 Å². The zero-order valence-electron chi connectivity index (χ0n) is 15.9. The lowest BCUT2D eigenvalue weighted by Gasteiger charge is -2.27. The standard InChI is InChI=1S/C21H18ClF3N4O/c1-26-17-5-3-2-4-13(17)18-8-9-27-20-14(11-30)19(28-29(18)20)12-6-7-16(22)15(10-12)21(23,24)25/h2-7,10-11,18,26-27H,8-9H2,1H3. The van der Waals surface area contributed by atoms with E-state index < -0.39 is 16.8 Å². The molecule has 2 aromatic carbocycles. The predicted molar refractivity (Wildman–Crippen MR) is 110 cm³/mol. The highest BCUT2D eigenvalue weighted by atomic mass is 35.5. The monoisotopic (exact) mass is 434 g/mol. The second-order valence-electron chi connectivity index (χ2n) is 6.93. The molecule has 30 heavy (non-hydrogen) atoms. The summed E-state index contributed by atoms with van der Waals surface area (Å²) in [6.45, 7) is 0.600. The Morgan fingerprint density at radius 2 is 2.03 bits per heavy atom. The zero-order valence-corrected chi connectivity index (χ0v) is 16.7. The van der Waals surface area contributed by atoms with Crippen molar-refractivity contribution in [1.82, 2.24) is 9.78 Å². The van der Waals surface area contributed by atoms with Crippen LogP contribution in [0.15, 0.2) is 42.5 Å². The van der Waals surface area contributed by atoms with Crippen molar-refractivity contribution >= 4 is 29.4 Å². The van der Waals surface area contributed by atoms with E-state index in [1.807, 2.05) is 31.3 Å². The van der Waals surface area contributed by atoms with Gasteiger partial charge in [0.05, 0.1) is 22.2 Å². The van der Waals surface area contributed by atoms with Gasteiger partial charge in [-0.2, -0.15) is 18.3 Å². The van der Waals surface area contributed by atoms with E-state index >= 15 is 0 Å². The van der Waals surface area contributed by atoms with E-state index in [4.69, 9.17) is 11.6 Å². The second-order valence-corrected chi connectivity index (χ2v) is 7.34. The fourth-order valence-corrected chi connectivity index (χ4v) is 4.04. The maximum atomic E-state index is 13.3. The molecule has 3 aromatic rings. The Morgan fingerprint density at radius 3 is 2.73 bits per heavy atom. The van der Waals surface area contributed by atoms with Crippen molar-refractivity contribution in [3.05, 3.63) is 64.2 Å². The van der Waals surface area contributed by atoms with Crippen LogP contribution >= 0.6 is 11.6 Å². The Balaban J connectivity index is 1.88. The highest BCUT2D eigenvalue weighted by Crippen LogP contribution is 2.41. The molecule has 0 saturated heterocycles. The summed E-state index contributed by atoms with van der Waals surface area (Å²) in [6, 6.07) is 11.1. The van der Waals surface area contributed by atoms with Gasteiger partial charge in [-0.3, -0.25) is 4.79 Å². The molecule has 0 amide bonds. The normalized spacial score (nSPS) is 16.0. The molecule has 0 radical (unpaired) electrons. The van der Waals surface area contributed by atoms with Crippen LogP contribution in [0.5, 0.6) is 0 Å². The molecule has 2 heterocycles. The zero-order chi connectivity index (χ0) is 21.5. The lowest BCUT2D eigenvalue weighted by Crippen LogP contribution is -2.25. The summed E-state index contributed by atoms with van der Waals surface area (Å²) in [5.41, 5.74) is 1.53. The first kappa shape index (κ1) is 20.3. The number of fused-ring (bicyclic) bond motifs is 1. The number of para-hydroxylation sites is 1. The van der Waals surface area contributed by atoms with Crippen molar-refractivity contribution in [2.45, 2.75) is 18.6 Å². The number of alkyl halides is 3. The number of halogens is 4. The van der Waals surface area contributed by atoms with Gasteiger partial charge in [0, 0.05) is 24.8 Å². The molecule has 1 atom stereocenters. The molecule has 1 aromatic heterocycles. The molecule has 0 aliphatic carbocycles. The lowest BCUT2D eigenvalue weighted by molar-refractivity contribution is -0.137. The minimum absolute atomic E-state index is 0.174. The number of carbonyl (C=O) groups is 1. The van der Waals surface area contributed by atoms with Crippen molar-refractivity contribution in [2.24, 2.45) is 0 Å². The average molecular weight is 435 g/mol. The number of rotatable bonds is 4. The summed E-state index contributed by atoms with van der Waals surface area (Å²) >= 11 is 5.75. The number of nitrogens with zero attached hydrogens (tertiary/aromatic N) is 2. The Hall–Kier alpha value is -3.00. The maximum absolute atomic E-state index is 13.3. The topological polar surface area (TPSA) is 58.9 Å². The van der Waals surface area contributed by atoms with E-state index in [2.05, 4.69) is 15.7 Å². The molecule has 0 saturated carbocycles. The van der Waals surface area contributed by atoms with Crippen molar-refractivity contribution in [3.63, 3.8) is 0 Å². The summed E-state index contributed by atoms with van der Waals surface area (Å²) in [4.78, 5) is 11.9. The number of aldehydes is 1. The largest absolute Gasteiger partial charge is 0.417 e. The molecule has 4 rings (SSSR count). The second kappa shape index (κ2) is 7.68. The summed E-state index contributed by atoms with van der Waals surface area (Å²) < 4.78 is 41.6. The van der Waals surface area contributed by atoms with E-state index in [1.165, 1.54) is 12.1 Å². The van der Waals surface area contributed by atoms with Crippen LogP contribution in [0.25, 0.3) is 11.3 Å². The Labute approximate surface area is 175 Å². The number of carbonyl (C=O) groups excluding carboxylic acids is 1. The third-order valence-electron chi connectivity index (χ3n) is 5.20. The van der Waals surface area contributed by atoms with Crippen LogP contribution in [0.2, 0.25) is 5.02 Å². The number of aromatic nitrogens is 2. The SMILES string of the molecule is CNc1ccccc1C1CCNc2c(C=O)c(-c3ccc(Cl)c(C(F)(F)F)c3)nn21. The number of hydrogen-bond acceptors (Lipinski definition) is 4. The molecule has 0 fully saturated rings. The molecular weight excluding hydrogens is 417 g/mol. The summed E-state index contributed by atoms with van der Waals surface area (Å²) in [5, 5.41) is 10.5. The third-order valence-corrected chi connectivity index (χ3v) is 5.53. The van der Waals surface area contributed by atoms with E-state index in [0.29, 0.717) is 25.1 Å². The maximum Gasteiger partial charge on any atom is 0.417 e. The number of nitrogens with one attached hydrogen (secondary N) is 2. The smallest absolute Gasteiger partial charge is 0.388 e. The van der Waals surface area contributed by atoms with Gasteiger partial charge in [-0.15, -0.1) is 0 Å². The van der Waals surface area contributed by atoms with Crippen molar-refractivity contribution in [1.29, 1.82) is 0 Å². The summed E-state index contributed by atoms with van der Waals surface area (Å²) in [5.74, 6) is 0.491. The Morgan fingerprint density at radius 1 is 1.27 bits per heavy atom. The van der Waals surface area contributed by atoms with Gasteiger partial charge in [0.15, 0.2) is 6.29 Å². The van der Waals surface area contributed by atoms with Crippen LogP contribution in [-0.4, -0.2) is 29.7 Å². The summed E-state index contributed by atoms with van der Waals surface area (Å²) in [6.07, 6.45) is -3.28. The van der Waals surface area contributed by atoms with Gasteiger partial charge in [0.2, 0.25) is 0 Å². The van der Waals surface area contributed by atoms with Crippen LogP contribution < -0.4 is 10.6 Å². The van der Waals surface area contributed by atoms with Crippen molar-refractivity contribution in [2.75, 3.05) is 24.2 Å². The first-order chi connectivity index (χ1) is 14.3. The van der Waals surface area contributed by atoms with E-state index in [1.54, 1.807) is 4.68 Å². The van der Waals surface area contributed by atoms with Gasteiger partial charge >= 0.3 is 6.18 Å². The van der Waals surface area contributed by atoms with Gasteiger partial charge in [-0.25, -0.2) is 4.68 Å². The number of benzene rings is 2. The highest BCUT2D eigenvalue weighted by Gasteiger charge is 2.35. The molecule has 1 aliphatic rings. The quantitative estimate of drug-likeness (QED) is 0.534. The molecule has 1 unspecified atom stereocenters. The van der Waals surface area contributed by atoms with Crippen LogP contribution in [-0.2, 0) is 6.18 Å². The predicted octanol–water partition coefficient (Wildman–Crippen LogP) is 5.48. The molecule has 156 valence electrons. The van der Waals surface area contributed by atoms with Gasteiger partial charge in [-0.05, 0) is 30.2 Å². The van der Waals surface area contributed by atoms with Crippen LogP contribution in [0.4, 0.5) is 24.7 Å². The van der Waals surface area contributed by atoms with E-state index in [9.17, 15) is 18.0 Å². The third kappa shape index (κ3) is 3.41. The Bertz CT molecular complexity index is 1110. The Kier molecular flexibility index (Phi) is 5.19. The molecule has 9 heteroatoms. The van der Waals surface area contributed by atoms with E-state index in [0.717, 1.165) is 17.3 Å². The van der Waals surface area contributed by atoms with Crippen molar-refractivity contribution in [3.8, 4) is 11.3 Å². The highest BCUT2D eigenvalue weighted by molar-refractivity contribution is 6.31. The number of anilines is 2. The van der Waals surface area contributed by atoms with Gasteiger partial charge in [0.25, 0.3) is 0 Å². The van der Waals surface area contributed by atoms with E-state index in [-0.39, 0.29) is 22.9 Å². The molecule has 1 aliphatic heterocycles. The summed E-state index contributed by atoms with van der Waals surface area (Å²) in [7, 11) is 1.82.